The number of nitrogens with zero attached hydrogens (tertiary/aromatic N) is 1. The zero-order valence-corrected chi connectivity index (χ0v) is 11.9. The van der Waals surface area contributed by atoms with Gasteiger partial charge in [0.2, 0.25) is 0 Å². The van der Waals surface area contributed by atoms with Crippen LogP contribution in [0.5, 0.6) is 0 Å². The molecule has 0 aliphatic heterocycles. The maximum absolute atomic E-state index is 11.9. The normalized spacial score (nSPS) is 17.0. The number of carboxylic acids is 1. The maximum Gasteiger partial charge on any atom is 0.326 e. The van der Waals surface area contributed by atoms with Crippen LogP contribution in [0.2, 0.25) is 0 Å². The molecule has 1 saturated carbocycles. The number of carbonyl (C=O) groups excluding carboxylic acids is 1. The SMILES string of the molecule is O=C(NCc1ccccn1)NC(C(=O)O)C1CCCCC1. The van der Waals surface area contributed by atoms with E-state index in [-0.39, 0.29) is 12.5 Å². The van der Waals surface area contributed by atoms with Gasteiger partial charge in [0.05, 0.1) is 12.2 Å². The van der Waals surface area contributed by atoms with Crippen molar-refractivity contribution in [3.05, 3.63) is 30.1 Å². The molecule has 1 atom stereocenters. The van der Waals surface area contributed by atoms with E-state index in [1.807, 2.05) is 6.07 Å². The number of nitrogens with one attached hydrogen (secondary N) is 2. The average Bonchev–Trinajstić information content (AvgIpc) is 2.52. The fraction of sp³-hybridized carbons (Fsp3) is 0.533. The van der Waals surface area contributed by atoms with E-state index in [1.165, 1.54) is 0 Å². The number of aliphatic carboxylic acids is 1. The number of hydrogen-bond donors (Lipinski definition) is 3. The summed E-state index contributed by atoms with van der Waals surface area (Å²) in [5.41, 5.74) is 0.734. The van der Waals surface area contributed by atoms with Gasteiger partial charge < -0.3 is 15.7 Å². The molecule has 0 bridgehead atoms. The molecule has 114 valence electrons. The molecule has 6 heteroatoms. The van der Waals surface area contributed by atoms with Crippen molar-refractivity contribution >= 4 is 12.0 Å². The second-order valence-electron chi connectivity index (χ2n) is 5.36. The third kappa shape index (κ3) is 4.73. The Balaban J connectivity index is 1.84. The largest absolute Gasteiger partial charge is 0.480 e. The zero-order valence-electron chi connectivity index (χ0n) is 11.9. The number of hydrogen-bond acceptors (Lipinski definition) is 3. The summed E-state index contributed by atoms with van der Waals surface area (Å²) in [5.74, 6) is -0.938. The molecule has 1 aliphatic rings. The van der Waals surface area contributed by atoms with Gasteiger partial charge in [0.1, 0.15) is 6.04 Å². The van der Waals surface area contributed by atoms with Crippen LogP contribution in [0, 0.1) is 5.92 Å². The minimum absolute atomic E-state index is 0.0249. The summed E-state index contributed by atoms with van der Waals surface area (Å²) in [5, 5.41) is 14.5. The van der Waals surface area contributed by atoms with Gasteiger partial charge in [-0.05, 0) is 30.9 Å². The van der Waals surface area contributed by atoms with Crippen LogP contribution in [0.15, 0.2) is 24.4 Å². The molecule has 6 nitrogen and oxygen atoms in total. The van der Waals surface area contributed by atoms with Crippen LogP contribution in [0.3, 0.4) is 0 Å². The third-order valence-electron chi connectivity index (χ3n) is 3.83. The number of urea groups is 1. The van der Waals surface area contributed by atoms with Crippen LogP contribution in [0.4, 0.5) is 4.79 Å². The summed E-state index contributed by atoms with van der Waals surface area (Å²) in [6, 6.07) is 4.17. The van der Waals surface area contributed by atoms with Crippen molar-refractivity contribution in [2.24, 2.45) is 5.92 Å². The molecule has 0 aromatic carbocycles. The van der Waals surface area contributed by atoms with E-state index in [0.29, 0.717) is 0 Å². The van der Waals surface area contributed by atoms with Gasteiger partial charge >= 0.3 is 12.0 Å². The number of carbonyl (C=O) groups is 2. The molecule has 1 aliphatic carbocycles. The second-order valence-corrected chi connectivity index (χ2v) is 5.36. The topological polar surface area (TPSA) is 91.3 Å². The van der Waals surface area contributed by atoms with E-state index < -0.39 is 18.0 Å². The number of aromatic nitrogens is 1. The summed E-state index contributed by atoms with van der Waals surface area (Å²) < 4.78 is 0. The van der Waals surface area contributed by atoms with Crippen molar-refractivity contribution < 1.29 is 14.7 Å². The average molecular weight is 291 g/mol. The molecule has 1 heterocycles. The highest BCUT2D eigenvalue weighted by molar-refractivity contribution is 5.82. The minimum Gasteiger partial charge on any atom is -0.480 e. The number of carboxylic acid groups (broad SMARTS) is 1. The zero-order chi connectivity index (χ0) is 15.1. The molecule has 0 radical (unpaired) electrons. The lowest BCUT2D eigenvalue weighted by atomic mass is 9.84. The summed E-state index contributed by atoms with van der Waals surface area (Å²) in [6.45, 7) is 0.281. The Hall–Kier alpha value is -2.11. The first kappa shape index (κ1) is 15.3. The standard InChI is InChI=1S/C15H21N3O3/c19-14(20)13(11-6-2-1-3-7-11)18-15(21)17-10-12-8-4-5-9-16-12/h4-5,8-9,11,13H,1-3,6-7,10H2,(H,19,20)(H2,17,18,21). The highest BCUT2D eigenvalue weighted by Crippen LogP contribution is 2.26. The van der Waals surface area contributed by atoms with Crippen LogP contribution in [0.1, 0.15) is 37.8 Å². The summed E-state index contributed by atoms with van der Waals surface area (Å²) in [4.78, 5) is 27.3. The smallest absolute Gasteiger partial charge is 0.326 e. The molecule has 0 saturated heterocycles. The Bertz CT molecular complexity index is 472. The highest BCUT2D eigenvalue weighted by Gasteiger charge is 2.30. The van der Waals surface area contributed by atoms with Gasteiger partial charge in [0, 0.05) is 6.20 Å². The van der Waals surface area contributed by atoms with Crippen molar-refractivity contribution in [3.63, 3.8) is 0 Å². The molecule has 1 unspecified atom stereocenters. The van der Waals surface area contributed by atoms with E-state index in [2.05, 4.69) is 15.6 Å². The van der Waals surface area contributed by atoms with Crippen molar-refractivity contribution in [1.82, 2.24) is 15.6 Å². The molecule has 21 heavy (non-hydrogen) atoms. The van der Waals surface area contributed by atoms with Crippen molar-refractivity contribution in [2.75, 3.05) is 0 Å². The molecular weight excluding hydrogens is 270 g/mol. The van der Waals surface area contributed by atoms with Crippen LogP contribution in [-0.2, 0) is 11.3 Å². The lowest BCUT2D eigenvalue weighted by molar-refractivity contribution is -0.141. The summed E-state index contributed by atoms with van der Waals surface area (Å²) in [7, 11) is 0. The quantitative estimate of drug-likeness (QED) is 0.773. The van der Waals surface area contributed by atoms with E-state index in [4.69, 9.17) is 0 Å². The molecule has 3 N–H and O–H groups in total. The maximum atomic E-state index is 11.9. The van der Waals surface area contributed by atoms with Crippen LogP contribution in [0.25, 0.3) is 0 Å². The van der Waals surface area contributed by atoms with E-state index in [9.17, 15) is 14.7 Å². The minimum atomic E-state index is -0.963. The lowest BCUT2D eigenvalue weighted by Gasteiger charge is -2.28. The molecule has 2 amide bonds. The summed E-state index contributed by atoms with van der Waals surface area (Å²) in [6.07, 6.45) is 6.58. The molecular formula is C15H21N3O3. The predicted octanol–water partition coefficient (Wildman–Crippen LogP) is 1.91. The Labute approximate surface area is 124 Å². The molecule has 1 aromatic rings. The first-order valence-corrected chi connectivity index (χ1v) is 7.34. The number of pyridine rings is 1. The highest BCUT2D eigenvalue weighted by atomic mass is 16.4. The number of rotatable bonds is 5. The Morgan fingerprint density at radius 3 is 2.67 bits per heavy atom. The van der Waals surface area contributed by atoms with Gasteiger partial charge in [-0.1, -0.05) is 25.3 Å². The first-order chi connectivity index (χ1) is 10.2. The third-order valence-corrected chi connectivity index (χ3v) is 3.83. The molecule has 0 spiro atoms. The molecule has 2 rings (SSSR count). The first-order valence-electron chi connectivity index (χ1n) is 7.34. The van der Waals surface area contributed by atoms with E-state index >= 15 is 0 Å². The Morgan fingerprint density at radius 1 is 1.29 bits per heavy atom. The van der Waals surface area contributed by atoms with Gasteiger partial charge in [0.15, 0.2) is 0 Å². The van der Waals surface area contributed by atoms with Gasteiger partial charge in [0.25, 0.3) is 0 Å². The monoisotopic (exact) mass is 291 g/mol. The second kappa shape index (κ2) is 7.61. The molecule has 1 fully saturated rings. The van der Waals surface area contributed by atoms with Gasteiger partial charge in [-0.2, -0.15) is 0 Å². The predicted molar refractivity (Wildman–Crippen MR) is 77.6 cm³/mol. The van der Waals surface area contributed by atoms with E-state index in [0.717, 1.165) is 37.8 Å². The van der Waals surface area contributed by atoms with Gasteiger partial charge in [-0.3, -0.25) is 4.98 Å². The van der Waals surface area contributed by atoms with Crippen LogP contribution in [-0.4, -0.2) is 28.1 Å². The Morgan fingerprint density at radius 2 is 2.05 bits per heavy atom. The summed E-state index contributed by atoms with van der Waals surface area (Å²) >= 11 is 0. The van der Waals surface area contributed by atoms with Gasteiger partial charge in [-0.25, -0.2) is 9.59 Å². The fourth-order valence-electron chi connectivity index (χ4n) is 2.71. The van der Waals surface area contributed by atoms with Crippen molar-refractivity contribution in [3.8, 4) is 0 Å². The fourth-order valence-corrected chi connectivity index (χ4v) is 2.71. The number of amides is 2. The van der Waals surface area contributed by atoms with Crippen molar-refractivity contribution in [2.45, 2.75) is 44.7 Å². The van der Waals surface area contributed by atoms with Crippen molar-refractivity contribution in [1.29, 1.82) is 0 Å². The lowest BCUT2D eigenvalue weighted by Crippen LogP contribution is -2.50. The van der Waals surface area contributed by atoms with Gasteiger partial charge in [-0.15, -0.1) is 0 Å². The Kier molecular flexibility index (Phi) is 5.54. The van der Waals surface area contributed by atoms with E-state index in [1.54, 1.807) is 18.3 Å². The van der Waals surface area contributed by atoms with Crippen LogP contribution < -0.4 is 10.6 Å². The van der Waals surface area contributed by atoms with Crippen LogP contribution >= 0.6 is 0 Å². The molecule has 1 aromatic heterocycles.